The number of carbonyl (C=O) groups is 3. The summed E-state index contributed by atoms with van der Waals surface area (Å²) in [6.45, 7) is -0.962. The smallest absolute Gasteiger partial charge is 0.490 e. The highest BCUT2D eigenvalue weighted by Gasteiger charge is 2.54. The molecule has 30 heteroatoms. The minimum Gasteiger partial charge on any atom is -0.508 e. The summed E-state index contributed by atoms with van der Waals surface area (Å²) >= 11 is 0. The third kappa shape index (κ3) is 10.4. The molecule has 1 saturated heterocycles. The van der Waals surface area contributed by atoms with Gasteiger partial charge in [-0.15, -0.1) is 0 Å². The quantitative estimate of drug-likeness (QED) is 0.0290. The number of unbranched alkanes of at least 4 members (excludes halogenated alkanes) is 2. The number of aliphatic hydroxyl groups excluding tert-OH is 2. The van der Waals surface area contributed by atoms with Crippen molar-refractivity contribution in [1.82, 2.24) is 30.4 Å². The van der Waals surface area contributed by atoms with Gasteiger partial charge in [0, 0.05) is 47.4 Å². The van der Waals surface area contributed by atoms with Crippen molar-refractivity contribution in [2.45, 2.75) is 55.8 Å². The summed E-state index contributed by atoms with van der Waals surface area (Å²) in [6, 6.07) is 13.3. The van der Waals surface area contributed by atoms with E-state index in [2.05, 4.69) is 50.7 Å². The second-order valence-corrected chi connectivity index (χ2v) is 20.0. The zero-order valence-corrected chi connectivity index (χ0v) is 38.4. The number of aliphatic hydroxyl groups is 2. The second-order valence-electron chi connectivity index (χ2n) is 15.6. The predicted molar refractivity (Wildman–Crippen MR) is 234 cm³/mol. The molecule has 6 unspecified atom stereocenters. The average molecular weight is 1030 g/mol. The standard InChI is InChI=1S/C40H40N7O20P3/c41-35-32-27(46-47(36(32)45-19-44-35)38-34(52)33(51)30(64-38)18-62-69(58,59)67-70(60,61)66-68(55,56)57)5-4-14-42-31(50)6-2-1-3-13-43-37(53)20-7-10-23-26(15-20)40(65-39(23)54)24-11-8-21(48)16-28(24)63-29-17-22(49)9-12-25(29)40/h7-12,15-17,19,30,33-34,38,48-49,51-52H,1-3,6,13-14,18H2,(H,42,50)(H,43,53)(H,58,59)(H,60,61)(H2,41,44,45)(H2,55,56,57). The lowest BCUT2D eigenvalue weighted by Crippen LogP contribution is -2.33. The minimum absolute atomic E-state index is 0.0332. The van der Waals surface area contributed by atoms with Gasteiger partial charge in [-0.3, -0.25) is 14.1 Å². The lowest BCUT2D eigenvalue weighted by molar-refractivity contribution is -0.121. The third-order valence-corrected chi connectivity index (χ3v) is 14.7. The Kier molecular flexibility index (Phi) is 13.9. The molecular weight excluding hydrogens is 991 g/mol. The number of phosphoric ester groups is 1. The molecule has 0 bridgehead atoms. The Labute approximate surface area is 393 Å². The number of carbonyl (C=O) groups excluding carboxylic acids is 3. The molecule has 2 aromatic heterocycles. The van der Waals surface area contributed by atoms with Gasteiger partial charge in [-0.1, -0.05) is 12.3 Å². The summed E-state index contributed by atoms with van der Waals surface area (Å²) in [5.41, 5.74) is 6.12. The molecule has 27 nitrogen and oxygen atoms in total. The summed E-state index contributed by atoms with van der Waals surface area (Å²) in [5, 5.41) is 51.7. The molecule has 5 heterocycles. The zero-order chi connectivity index (χ0) is 50.3. The fourth-order valence-electron chi connectivity index (χ4n) is 7.89. The third-order valence-electron chi connectivity index (χ3n) is 10.9. The van der Waals surface area contributed by atoms with E-state index < -0.39 is 72.1 Å². The maximum absolute atomic E-state index is 13.4. The van der Waals surface area contributed by atoms with Crippen LogP contribution in [0.4, 0.5) is 5.82 Å². The van der Waals surface area contributed by atoms with Gasteiger partial charge in [0.15, 0.2) is 17.5 Å². The largest absolute Gasteiger partial charge is 0.508 e. The van der Waals surface area contributed by atoms with E-state index in [4.69, 9.17) is 29.7 Å². The van der Waals surface area contributed by atoms with Crippen LogP contribution in [0, 0.1) is 11.8 Å². The Bertz CT molecular complexity index is 3090. The van der Waals surface area contributed by atoms with Crippen molar-refractivity contribution in [3.05, 3.63) is 94.4 Å². The number of hydrogen-bond acceptors (Lipinski definition) is 20. The van der Waals surface area contributed by atoms with Crippen LogP contribution in [0.5, 0.6) is 23.0 Å². The van der Waals surface area contributed by atoms with Crippen LogP contribution in [0.15, 0.2) is 60.9 Å². The zero-order valence-electron chi connectivity index (χ0n) is 35.7. The molecule has 6 atom stereocenters. The van der Waals surface area contributed by atoms with E-state index in [-0.39, 0.29) is 82.1 Å². The Hall–Kier alpha value is -6.33. The lowest BCUT2D eigenvalue weighted by Gasteiger charge is -2.36. The van der Waals surface area contributed by atoms with Gasteiger partial charge in [0.25, 0.3) is 5.91 Å². The molecule has 370 valence electrons. The molecule has 0 radical (unpaired) electrons. The number of phenolic OH excluding ortho intramolecular Hbond substituents is 2. The van der Waals surface area contributed by atoms with Crippen molar-refractivity contribution >= 4 is 58.1 Å². The van der Waals surface area contributed by atoms with Crippen molar-refractivity contribution in [3.8, 4) is 34.8 Å². The average Bonchev–Trinajstić information content (AvgIpc) is 3.89. The van der Waals surface area contributed by atoms with Gasteiger partial charge in [0.2, 0.25) is 5.91 Å². The highest BCUT2D eigenvalue weighted by molar-refractivity contribution is 7.66. The predicted octanol–water partition coefficient (Wildman–Crippen LogP) is 1.81. The molecule has 70 heavy (non-hydrogen) atoms. The molecular formula is C40H40N7O20P3. The van der Waals surface area contributed by atoms with Crippen LogP contribution in [0.2, 0.25) is 0 Å². The van der Waals surface area contributed by atoms with E-state index in [1.165, 1.54) is 36.4 Å². The van der Waals surface area contributed by atoms with E-state index in [0.29, 0.717) is 36.0 Å². The number of esters is 1. The molecule has 12 N–H and O–H groups in total. The Morgan fingerprint density at radius 3 is 2.24 bits per heavy atom. The number of rotatable bonds is 16. The highest BCUT2D eigenvalue weighted by atomic mass is 31.3. The number of amides is 2. The number of phenols is 2. The minimum atomic E-state index is -5.83. The summed E-state index contributed by atoms with van der Waals surface area (Å²) < 4.78 is 65.2. The van der Waals surface area contributed by atoms with E-state index in [0.717, 1.165) is 11.0 Å². The number of hydrogen-bond donors (Lipinski definition) is 11. The van der Waals surface area contributed by atoms with Gasteiger partial charge in [-0.05, 0) is 61.2 Å². The van der Waals surface area contributed by atoms with E-state index in [9.17, 15) is 58.3 Å². The fourth-order valence-corrected chi connectivity index (χ4v) is 10.9. The number of aromatic nitrogens is 4. The fraction of sp³-hybridized carbons (Fsp3) is 0.300. The van der Waals surface area contributed by atoms with E-state index >= 15 is 0 Å². The maximum Gasteiger partial charge on any atom is 0.490 e. The number of phosphoric acid groups is 3. The molecule has 1 spiro atoms. The number of fused-ring (bicyclic) bond motifs is 7. The molecule has 3 aliphatic heterocycles. The van der Waals surface area contributed by atoms with Crippen molar-refractivity contribution < 1.29 is 95.4 Å². The highest BCUT2D eigenvalue weighted by Crippen LogP contribution is 2.66. The lowest BCUT2D eigenvalue weighted by atomic mass is 9.77. The number of benzene rings is 3. The van der Waals surface area contributed by atoms with E-state index in [1.807, 2.05) is 0 Å². The number of anilines is 1. The Balaban J connectivity index is 0.824. The molecule has 0 saturated carbocycles. The number of nitrogen functional groups attached to an aromatic ring is 1. The first-order valence-electron chi connectivity index (χ1n) is 20.6. The summed E-state index contributed by atoms with van der Waals surface area (Å²) in [5.74, 6) is 4.15. The normalized spacial score (nSPS) is 20.5. The molecule has 0 aliphatic carbocycles. The summed E-state index contributed by atoms with van der Waals surface area (Å²) in [6.07, 6.45) is -4.12. The Morgan fingerprint density at radius 2 is 1.56 bits per heavy atom. The molecule has 3 aromatic carbocycles. The van der Waals surface area contributed by atoms with Crippen LogP contribution in [-0.2, 0) is 46.7 Å². The van der Waals surface area contributed by atoms with Gasteiger partial charge < -0.3 is 70.6 Å². The van der Waals surface area contributed by atoms with Gasteiger partial charge in [0.1, 0.15) is 59.1 Å². The van der Waals surface area contributed by atoms with Crippen molar-refractivity contribution in [3.63, 3.8) is 0 Å². The first kappa shape index (κ1) is 50.1. The number of nitrogens with two attached hydrogens (primary N) is 1. The number of ether oxygens (including phenoxy) is 3. The van der Waals surface area contributed by atoms with Crippen LogP contribution >= 0.6 is 23.5 Å². The monoisotopic (exact) mass is 1030 g/mol. The molecule has 2 amide bonds. The van der Waals surface area contributed by atoms with Crippen molar-refractivity contribution in [1.29, 1.82) is 0 Å². The van der Waals surface area contributed by atoms with Gasteiger partial charge in [-0.25, -0.2) is 33.1 Å². The number of aromatic hydroxyl groups is 2. The van der Waals surface area contributed by atoms with E-state index in [1.54, 1.807) is 18.2 Å². The van der Waals surface area contributed by atoms with Crippen LogP contribution in [0.3, 0.4) is 0 Å². The number of nitrogens with zero attached hydrogens (tertiary/aromatic N) is 4. The Morgan fingerprint density at radius 1 is 0.857 bits per heavy atom. The first-order valence-corrected chi connectivity index (χ1v) is 25.1. The van der Waals surface area contributed by atoms with Crippen molar-refractivity contribution in [2.24, 2.45) is 0 Å². The molecule has 5 aromatic rings. The van der Waals surface area contributed by atoms with Crippen molar-refractivity contribution in [2.75, 3.05) is 25.4 Å². The molecule has 8 rings (SSSR count). The van der Waals surface area contributed by atoms with Crippen LogP contribution < -0.4 is 21.1 Å². The topological polar surface area (TPSA) is 413 Å². The van der Waals surface area contributed by atoms with Crippen LogP contribution in [-0.4, -0.2) is 116 Å². The number of nitrogens with one attached hydrogen (secondary N) is 2. The molecule has 3 aliphatic rings. The van der Waals surface area contributed by atoms with Gasteiger partial charge in [-0.2, -0.15) is 13.7 Å². The van der Waals surface area contributed by atoms with Gasteiger partial charge in [0.05, 0.1) is 24.1 Å². The second kappa shape index (κ2) is 19.5. The van der Waals surface area contributed by atoms with Crippen LogP contribution in [0.1, 0.15) is 75.0 Å². The first-order chi connectivity index (χ1) is 33.1. The van der Waals surface area contributed by atoms with Gasteiger partial charge >= 0.3 is 29.4 Å². The summed E-state index contributed by atoms with van der Waals surface area (Å²) in [4.78, 5) is 83.9. The SMILES string of the molecule is Nc1ncnc2c1c(C#CCNC(=O)CCCCCNC(=O)c1ccc3c(c1)C1(OC3=O)c3ccc(O)cc3Oc3cc(O)ccc31)nn2C1OC(COP(=O)(O)OP(=O)(O)OP(=O)(O)O)C(O)C1O. The molecule has 1 fully saturated rings. The maximum atomic E-state index is 13.4. The van der Waals surface area contributed by atoms with Crippen LogP contribution in [0.25, 0.3) is 11.0 Å². The summed E-state index contributed by atoms with van der Waals surface area (Å²) in [7, 11) is -17.1.